The van der Waals surface area contributed by atoms with E-state index in [-0.39, 0.29) is 12.1 Å². The zero-order chi connectivity index (χ0) is 27.6. The SMILES string of the molecule is CCc1nn(-c2ccccc2)c2c1CN(C(=O)NCc1cccc(OC)c1)[C@@H](c1ccc(C)cc1)c1cccn1-2. The molecule has 1 aliphatic heterocycles. The third-order valence-electron chi connectivity index (χ3n) is 7.54. The number of para-hydroxylation sites is 1. The Hall–Kier alpha value is -4.78. The van der Waals surface area contributed by atoms with Crippen LogP contribution in [0, 0.1) is 6.92 Å². The Kier molecular flexibility index (Phi) is 6.86. The third kappa shape index (κ3) is 4.64. The van der Waals surface area contributed by atoms with Gasteiger partial charge in [0.1, 0.15) is 11.6 Å². The molecule has 0 spiro atoms. The molecule has 5 aromatic rings. The number of aromatic nitrogens is 3. The Morgan fingerprint density at radius 3 is 2.55 bits per heavy atom. The molecule has 0 saturated carbocycles. The van der Waals surface area contributed by atoms with Crippen LogP contribution in [-0.4, -0.2) is 32.4 Å². The van der Waals surface area contributed by atoms with E-state index in [2.05, 4.69) is 72.4 Å². The molecule has 0 bridgehead atoms. The maximum atomic E-state index is 14.1. The van der Waals surface area contributed by atoms with Gasteiger partial charge in [0.05, 0.1) is 36.8 Å². The third-order valence-corrected chi connectivity index (χ3v) is 7.54. The Morgan fingerprint density at radius 2 is 1.80 bits per heavy atom. The number of fused-ring (bicyclic) bond motifs is 3. The topological polar surface area (TPSA) is 64.3 Å². The van der Waals surface area contributed by atoms with Crippen molar-refractivity contribution in [3.05, 3.63) is 131 Å². The molecule has 2 aromatic heterocycles. The quantitative estimate of drug-likeness (QED) is 0.277. The van der Waals surface area contributed by atoms with E-state index < -0.39 is 0 Å². The van der Waals surface area contributed by atoms with E-state index in [1.807, 2.05) is 58.1 Å². The Balaban J connectivity index is 1.47. The van der Waals surface area contributed by atoms with Gasteiger partial charge in [0.2, 0.25) is 0 Å². The number of nitrogens with zero attached hydrogens (tertiary/aromatic N) is 4. The number of rotatable bonds is 6. The molecule has 0 aliphatic carbocycles. The molecular weight excluding hydrogens is 498 g/mol. The van der Waals surface area contributed by atoms with Crippen molar-refractivity contribution in [1.82, 2.24) is 24.6 Å². The number of carbonyl (C=O) groups excluding carboxylic acids is 1. The number of ether oxygens (including phenoxy) is 1. The van der Waals surface area contributed by atoms with E-state index in [9.17, 15) is 4.79 Å². The lowest BCUT2D eigenvalue weighted by atomic mass is 10.0. The molecule has 6 rings (SSSR count). The second-order valence-electron chi connectivity index (χ2n) is 10.1. The van der Waals surface area contributed by atoms with Gasteiger partial charge in [-0.15, -0.1) is 0 Å². The van der Waals surface area contributed by atoms with Gasteiger partial charge in [0.15, 0.2) is 0 Å². The zero-order valence-corrected chi connectivity index (χ0v) is 23.0. The number of urea groups is 1. The van der Waals surface area contributed by atoms with Crippen molar-refractivity contribution in [3.8, 4) is 17.3 Å². The first kappa shape index (κ1) is 25.5. The fourth-order valence-electron chi connectivity index (χ4n) is 5.51. The number of aryl methyl sites for hydroxylation is 2. The van der Waals surface area contributed by atoms with Crippen LogP contribution in [0.3, 0.4) is 0 Å². The van der Waals surface area contributed by atoms with Gasteiger partial charge in [-0.2, -0.15) is 5.10 Å². The van der Waals surface area contributed by atoms with Crippen LogP contribution in [0.2, 0.25) is 0 Å². The molecule has 1 aliphatic rings. The van der Waals surface area contributed by atoms with Gasteiger partial charge < -0.3 is 19.5 Å². The fourth-order valence-corrected chi connectivity index (χ4v) is 5.51. The number of hydrogen-bond acceptors (Lipinski definition) is 3. The van der Waals surface area contributed by atoms with Crippen molar-refractivity contribution in [3.63, 3.8) is 0 Å². The molecule has 0 saturated heterocycles. The van der Waals surface area contributed by atoms with Crippen LogP contribution in [0.25, 0.3) is 11.5 Å². The van der Waals surface area contributed by atoms with Crippen LogP contribution in [0.15, 0.2) is 97.2 Å². The Labute approximate surface area is 234 Å². The van der Waals surface area contributed by atoms with Crippen molar-refractivity contribution in [2.45, 2.75) is 39.4 Å². The number of nitrogens with one attached hydrogen (secondary N) is 1. The maximum absolute atomic E-state index is 14.1. The molecule has 3 aromatic carbocycles. The molecule has 7 nitrogen and oxygen atoms in total. The van der Waals surface area contributed by atoms with Crippen LogP contribution in [-0.2, 0) is 19.5 Å². The summed E-state index contributed by atoms with van der Waals surface area (Å²) >= 11 is 0. The van der Waals surface area contributed by atoms with Gasteiger partial charge in [-0.25, -0.2) is 9.48 Å². The number of amides is 2. The molecule has 0 radical (unpaired) electrons. The first-order chi connectivity index (χ1) is 19.6. The van der Waals surface area contributed by atoms with E-state index in [1.165, 1.54) is 5.56 Å². The second-order valence-corrected chi connectivity index (χ2v) is 10.1. The van der Waals surface area contributed by atoms with Crippen LogP contribution in [0.1, 0.15) is 46.6 Å². The molecule has 2 amide bonds. The molecule has 0 fully saturated rings. The number of carbonyl (C=O) groups is 1. The minimum atomic E-state index is -0.290. The highest BCUT2D eigenvalue weighted by Crippen LogP contribution is 2.38. The Bertz CT molecular complexity index is 1640. The molecule has 202 valence electrons. The van der Waals surface area contributed by atoms with Crippen molar-refractivity contribution < 1.29 is 9.53 Å². The normalized spacial score (nSPS) is 14.3. The largest absolute Gasteiger partial charge is 0.497 e. The Morgan fingerprint density at radius 1 is 1.00 bits per heavy atom. The first-order valence-electron chi connectivity index (χ1n) is 13.6. The van der Waals surface area contributed by atoms with Crippen LogP contribution >= 0.6 is 0 Å². The van der Waals surface area contributed by atoms with Crippen molar-refractivity contribution in [2.75, 3.05) is 7.11 Å². The average Bonchev–Trinajstić information content (AvgIpc) is 3.58. The summed E-state index contributed by atoms with van der Waals surface area (Å²) in [6.07, 6.45) is 2.83. The summed E-state index contributed by atoms with van der Waals surface area (Å²) in [4.78, 5) is 16.0. The van der Waals surface area contributed by atoms with E-state index >= 15 is 0 Å². The molecular formula is C33H33N5O2. The fraction of sp³-hybridized carbons (Fsp3) is 0.212. The average molecular weight is 532 g/mol. The lowest BCUT2D eigenvalue weighted by Crippen LogP contribution is -2.41. The van der Waals surface area contributed by atoms with Crippen LogP contribution < -0.4 is 10.1 Å². The van der Waals surface area contributed by atoms with Gasteiger partial charge in [-0.1, -0.05) is 67.1 Å². The van der Waals surface area contributed by atoms with E-state index in [4.69, 9.17) is 9.84 Å². The molecule has 1 atom stereocenters. The maximum Gasteiger partial charge on any atom is 0.318 e. The van der Waals surface area contributed by atoms with Crippen LogP contribution in [0.4, 0.5) is 4.79 Å². The minimum Gasteiger partial charge on any atom is -0.497 e. The predicted octanol–water partition coefficient (Wildman–Crippen LogP) is 6.36. The molecule has 7 heteroatoms. The van der Waals surface area contributed by atoms with Crippen LogP contribution in [0.5, 0.6) is 5.75 Å². The molecule has 40 heavy (non-hydrogen) atoms. The van der Waals surface area contributed by atoms with Crippen molar-refractivity contribution in [1.29, 1.82) is 0 Å². The van der Waals surface area contributed by atoms with Gasteiger partial charge >= 0.3 is 6.03 Å². The summed E-state index contributed by atoms with van der Waals surface area (Å²) in [5.41, 5.74) is 7.25. The minimum absolute atomic E-state index is 0.136. The van der Waals surface area contributed by atoms with E-state index in [0.29, 0.717) is 13.1 Å². The number of hydrogen-bond donors (Lipinski definition) is 1. The second kappa shape index (κ2) is 10.8. The van der Waals surface area contributed by atoms with Gasteiger partial charge in [-0.05, 0) is 60.9 Å². The zero-order valence-electron chi connectivity index (χ0n) is 23.0. The highest BCUT2D eigenvalue weighted by Gasteiger charge is 2.36. The van der Waals surface area contributed by atoms with Gasteiger partial charge in [0, 0.05) is 18.3 Å². The number of methoxy groups -OCH3 is 1. The predicted molar refractivity (Wildman–Crippen MR) is 156 cm³/mol. The number of benzene rings is 3. The molecule has 3 heterocycles. The highest BCUT2D eigenvalue weighted by molar-refractivity contribution is 5.76. The van der Waals surface area contributed by atoms with Crippen molar-refractivity contribution >= 4 is 6.03 Å². The first-order valence-corrected chi connectivity index (χ1v) is 13.6. The van der Waals surface area contributed by atoms with E-state index in [1.54, 1.807) is 7.11 Å². The van der Waals surface area contributed by atoms with Gasteiger partial charge in [0.25, 0.3) is 0 Å². The summed E-state index contributed by atoms with van der Waals surface area (Å²) < 4.78 is 9.60. The molecule has 0 unspecified atom stereocenters. The monoisotopic (exact) mass is 531 g/mol. The summed E-state index contributed by atoms with van der Waals surface area (Å²) in [7, 11) is 1.65. The lowest BCUT2D eigenvalue weighted by Gasteiger charge is -2.31. The highest BCUT2D eigenvalue weighted by atomic mass is 16.5. The summed E-state index contributed by atoms with van der Waals surface area (Å²) in [6, 6.07) is 30.2. The van der Waals surface area contributed by atoms with Gasteiger partial charge in [-0.3, -0.25) is 0 Å². The summed E-state index contributed by atoms with van der Waals surface area (Å²) in [6.45, 7) is 5.01. The van der Waals surface area contributed by atoms with Crippen molar-refractivity contribution in [2.24, 2.45) is 0 Å². The van der Waals surface area contributed by atoms with E-state index in [0.717, 1.165) is 51.8 Å². The smallest absolute Gasteiger partial charge is 0.318 e. The standard InChI is InChI=1S/C33H33N5O2/c1-4-29-28-22-37(33(39)34-21-24-10-8-13-27(20-24)40-3)31(25-17-15-23(2)16-18-25)30-14-9-19-36(30)32(28)38(35-29)26-11-6-5-7-12-26/h5-20,31H,4,21-22H2,1-3H3,(H,34,39)/t31-/m0/s1. The summed E-state index contributed by atoms with van der Waals surface area (Å²) in [5, 5.41) is 8.22. The summed E-state index contributed by atoms with van der Waals surface area (Å²) in [5.74, 6) is 1.74. The lowest BCUT2D eigenvalue weighted by molar-refractivity contribution is 0.180. The molecule has 1 N–H and O–H groups in total.